The van der Waals surface area contributed by atoms with E-state index in [0.29, 0.717) is 18.6 Å². The maximum absolute atomic E-state index is 12.6. The number of benzene rings is 1. The number of H-pyrrole nitrogens is 1. The van der Waals surface area contributed by atoms with Crippen molar-refractivity contribution in [3.8, 4) is 0 Å². The van der Waals surface area contributed by atoms with Crippen molar-refractivity contribution in [3.63, 3.8) is 0 Å². The van der Waals surface area contributed by atoms with Crippen molar-refractivity contribution < 1.29 is 18.0 Å². The summed E-state index contributed by atoms with van der Waals surface area (Å²) in [6, 6.07) is 11.9. The van der Waals surface area contributed by atoms with Gasteiger partial charge in [-0.05, 0) is 36.6 Å². The molecule has 1 aromatic heterocycles. The lowest BCUT2D eigenvalue weighted by molar-refractivity contribution is -0.140. The number of aromatic amines is 1. The molecule has 0 unspecified atom stereocenters. The van der Waals surface area contributed by atoms with Crippen LogP contribution in [0.3, 0.4) is 0 Å². The predicted octanol–water partition coefficient (Wildman–Crippen LogP) is 3.54. The predicted molar refractivity (Wildman–Crippen MR) is 84.1 cm³/mol. The molecule has 0 radical (unpaired) electrons. The first-order valence-corrected chi connectivity index (χ1v) is 7.32. The minimum Gasteiger partial charge on any atom is -0.351 e. The van der Waals surface area contributed by atoms with Gasteiger partial charge in [-0.25, -0.2) is 5.43 Å². The molecule has 1 aliphatic heterocycles. The molecule has 0 aliphatic carbocycles. The van der Waals surface area contributed by atoms with Crippen molar-refractivity contribution in [2.24, 2.45) is 5.10 Å². The zero-order valence-corrected chi connectivity index (χ0v) is 12.5. The van der Waals surface area contributed by atoms with Crippen molar-refractivity contribution in [1.82, 2.24) is 10.4 Å². The summed E-state index contributed by atoms with van der Waals surface area (Å²) in [5.74, 6) is -0.416. The van der Waals surface area contributed by atoms with E-state index >= 15 is 0 Å². The number of carbonyl (C=O) groups is 1. The third kappa shape index (κ3) is 3.56. The maximum atomic E-state index is 12.6. The number of hydrogen-bond donors (Lipinski definition) is 2. The zero-order valence-electron chi connectivity index (χ0n) is 12.5. The summed E-state index contributed by atoms with van der Waals surface area (Å²) in [5.41, 5.74) is 3.63. The molecule has 2 heterocycles. The van der Waals surface area contributed by atoms with E-state index in [2.05, 4.69) is 15.5 Å². The van der Waals surface area contributed by atoms with Crippen LogP contribution in [0, 0.1) is 0 Å². The van der Waals surface area contributed by atoms with Gasteiger partial charge < -0.3 is 4.98 Å². The van der Waals surface area contributed by atoms with Gasteiger partial charge in [-0.3, -0.25) is 4.79 Å². The molecule has 1 amide bonds. The molecule has 4 nitrogen and oxygen atoms in total. The van der Waals surface area contributed by atoms with Crippen LogP contribution in [-0.4, -0.2) is 16.6 Å². The van der Waals surface area contributed by atoms with E-state index in [4.69, 9.17) is 0 Å². The molecule has 2 N–H and O–H groups in total. The quantitative estimate of drug-likeness (QED) is 0.826. The maximum Gasteiger partial charge on any atom is 0.431 e. The molecule has 7 heteroatoms. The second-order valence-corrected chi connectivity index (χ2v) is 5.37. The van der Waals surface area contributed by atoms with Crippen molar-refractivity contribution in [3.05, 3.63) is 65.0 Å². The molecule has 0 atom stereocenters. The lowest BCUT2D eigenvalue weighted by Crippen LogP contribution is -2.13. The number of hydrazone groups is 1. The number of nitrogens with zero attached hydrogens (tertiary/aromatic N) is 1. The number of halogens is 3. The van der Waals surface area contributed by atoms with Gasteiger partial charge >= 0.3 is 6.18 Å². The fourth-order valence-corrected chi connectivity index (χ4v) is 2.43. The highest BCUT2D eigenvalue weighted by molar-refractivity contribution is 6.27. The minimum atomic E-state index is -4.45. The Morgan fingerprint density at radius 3 is 2.46 bits per heavy atom. The van der Waals surface area contributed by atoms with Gasteiger partial charge in [0.2, 0.25) is 0 Å². The highest BCUT2D eigenvalue weighted by atomic mass is 19.4. The van der Waals surface area contributed by atoms with Crippen molar-refractivity contribution in [2.45, 2.75) is 19.0 Å². The molecule has 0 saturated heterocycles. The van der Waals surface area contributed by atoms with Crippen LogP contribution in [0.1, 0.15) is 23.4 Å². The lowest BCUT2D eigenvalue weighted by atomic mass is 10.0. The molecular formula is C17H14F3N3O. The van der Waals surface area contributed by atoms with Gasteiger partial charge in [-0.2, -0.15) is 18.3 Å². The van der Waals surface area contributed by atoms with E-state index in [1.54, 1.807) is 0 Å². The average molecular weight is 333 g/mol. The Labute approximate surface area is 136 Å². The van der Waals surface area contributed by atoms with Crippen LogP contribution in [0.15, 0.2) is 53.1 Å². The normalized spacial score (nSPS) is 16.4. The van der Waals surface area contributed by atoms with E-state index in [1.165, 1.54) is 12.1 Å². The molecule has 2 aromatic rings. The number of amides is 1. The largest absolute Gasteiger partial charge is 0.431 e. The Morgan fingerprint density at radius 1 is 1.04 bits per heavy atom. The summed E-state index contributed by atoms with van der Waals surface area (Å²) in [4.78, 5) is 14.1. The van der Waals surface area contributed by atoms with Gasteiger partial charge in [0.1, 0.15) is 5.69 Å². The van der Waals surface area contributed by atoms with Crippen molar-refractivity contribution in [1.29, 1.82) is 0 Å². The average Bonchev–Trinajstić information content (AvgIpc) is 3.15. The van der Waals surface area contributed by atoms with Crippen molar-refractivity contribution >= 4 is 17.7 Å². The Morgan fingerprint density at radius 2 is 1.79 bits per heavy atom. The summed E-state index contributed by atoms with van der Waals surface area (Å²) in [7, 11) is 0. The minimum absolute atomic E-state index is 0.210. The molecular weight excluding hydrogens is 319 g/mol. The van der Waals surface area contributed by atoms with Gasteiger partial charge in [0.25, 0.3) is 5.91 Å². The fraction of sp³-hybridized carbons (Fsp3) is 0.176. The second-order valence-electron chi connectivity index (χ2n) is 5.37. The Bertz CT molecular complexity index is 804. The first-order valence-electron chi connectivity index (χ1n) is 7.32. The monoisotopic (exact) mass is 333 g/mol. The van der Waals surface area contributed by atoms with Gasteiger partial charge in [-0.15, -0.1) is 0 Å². The van der Waals surface area contributed by atoms with Gasteiger partial charge in [0, 0.05) is 5.69 Å². The first kappa shape index (κ1) is 16.0. The van der Waals surface area contributed by atoms with E-state index in [0.717, 1.165) is 11.6 Å². The summed E-state index contributed by atoms with van der Waals surface area (Å²) in [6.07, 6.45) is -1.85. The number of alkyl halides is 3. The Hall–Kier alpha value is -2.83. The zero-order chi connectivity index (χ0) is 17.2. The summed E-state index contributed by atoms with van der Waals surface area (Å²) < 4.78 is 37.9. The van der Waals surface area contributed by atoms with Gasteiger partial charge in [-0.1, -0.05) is 30.3 Å². The SMILES string of the molecule is O=C1NN=C(CCc2ccccc2)C1=Cc1ccc(C(F)(F)F)[nH]1. The van der Waals surface area contributed by atoms with Gasteiger partial charge in [0.05, 0.1) is 11.3 Å². The van der Waals surface area contributed by atoms with E-state index < -0.39 is 17.8 Å². The molecule has 1 aromatic carbocycles. The van der Waals surface area contributed by atoms with Crippen LogP contribution >= 0.6 is 0 Å². The van der Waals surface area contributed by atoms with Crippen LogP contribution in [-0.2, 0) is 17.4 Å². The van der Waals surface area contributed by atoms with Crippen LogP contribution in [0.25, 0.3) is 6.08 Å². The van der Waals surface area contributed by atoms with Crippen LogP contribution in [0.4, 0.5) is 13.2 Å². The van der Waals surface area contributed by atoms with Gasteiger partial charge in [0.15, 0.2) is 0 Å². The lowest BCUT2D eigenvalue weighted by Gasteiger charge is -2.03. The molecule has 0 bridgehead atoms. The smallest absolute Gasteiger partial charge is 0.351 e. The highest BCUT2D eigenvalue weighted by Gasteiger charge is 2.32. The Kier molecular flexibility index (Phi) is 4.24. The summed E-state index contributed by atoms with van der Waals surface area (Å²) in [5, 5.41) is 3.98. The van der Waals surface area contributed by atoms with E-state index in [9.17, 15) is 18.0 Å². The molecule has 0 fully saturated rings. The molecule has 3 rings (SSSR count). The van der Waals surface area contributed by atoms with Crippen LogP contribution < -0.4 is 5.43 Å². The van der Waals surface area contributed by atoms with Crippen LogP contribution in [0.2, 0.25) is 0 Å². The Balaban J connectivity index is 1.76. The number of carbonyl (C=O) groups excluding carboxylic acids is 1. The van der Waals surface area contributed by atoms with Crippen LogP contribution in [0.5, 0.6) is 0 Å². The number of rotatable bonds is 4. The first-order chi connectivity index (χ1) is 11.4. The second kappa shape index (κ2) is 6.35. The number of nitrogens with one attached hydrogen (secondary N) is 2. The summed E-state index contributed by atoms with van der Waals surface area (Å²) in [6.45, 7) is 0. The number of aromatic nitrogens is 1. The molecule has 1 aliphatic rings. The molecule has 0 spiro atoms. The fourth-order valence-electron chi connectivity index (χ4n) is 2.43. The third-order valence-corrected chi connectivity index (χ3v) is 3.66. The molecule has 24 heavy (non-hydrogen) atoms. The van der Waals surface area contributed by atoms with E-state index in [-0.39, 0.29) is 11.3 Å². The topological polar surface area (TPSA) is 57.2 Å². The molecule has 124 valence electrons. The molecule has 0 saturated carbocycles. The summed E-state index contributed by atoms with van der Waals surface area (Å²) >= 11 is 0. The highest BCUT2D eigenvalue weighted by Crippen LogP contribution is 2.28. The third-order valence-electron chi connectivity index (χ3n) is 3.66. The number of hydrogen-bond acceptors (Lipinski definition) is 2. The standard InChI is InChI=1S/C17H14F3N3O/c18-17(19,20)15-9-7-12(21-15)10-13-14(22-23-16(13)24)8-6-11-4-2-1-3-5-11/h1-5,7,9-10,21H,6,8H2,(H,23,24). The number of aryl methyl sites for hydroxylation is 1. The van der Waals surface area contributed by atoms with E-state index in [1.807, 2.05) is 30.3 Å². The van der Waals surface area contributed by atoms with Crippen molar-refractivity contribution in [2.75, 3.05) is 0 Å².